The minimum atomic E-state index is -0.247. The lowest BCUT2D eigenvalue weighted by atomic mass is 10.0. The minimum absolute atomic E-state index is 0.0744. The maximum absolute atomic E-state index is 13.6. The van der Waals surface area contributed by atoms with Crippen LogP contribution in [-0.2, 0) is 24.3 Å². The van der Waals surface area contributed by atoms with Gasteiger partial charge in [0.15, 0.2) is 0 Å². The highest BCUT2D eigenvalue weighted by Gasteiger charge is 2.33. The Kier molecular flexibility index (Phi) is 10.5. The predicted molar refractivity (Wildman–Crippen MR) is 185 cm³/mol. The summed E-state index contributed by atoms with van der Waals surface area (Å²) in [4.78, 5) is 24.7. The van der Waals surface area contributed by atoms with Crippen molar-refractivity contribution >= 4 is 23.4 Å². The lowest BCUT2D eigenvalue weighted by Crippen LogP contribution is -2.60. The molecular weight excluding hydrogens is 629 g/mol. The van der Waals surface area contributed by atoms with E-state index in [0.29, 0.717) is 17.5 Å². The molecule has 3 aromatic carbocycles. The molecule has 0 unspecified atom stereocenters. The van der Waals surface area contributed by atoms with Gasteiger partial charge in [0.2, 0.25) is 11.1 Å². The van der Waals surface area contributed by atoms with Crippen LogP contribution < -0.4 is 5.32 Å². The largest absolute Gasteiger partial charge is 0.350 e. The van der Waals surface area contributed by atoms with Crippen molar-refractivity contribution in [1.29, 1.82) is 0 Å². The normalized spacial score (nSPS) is 14.8. The number of hydrogen-bond donors (Lipinski definition) is 1. The van der Waals surface area contributed by atoms with Crippen LogP contribution in [0.5, 0.6) is 0 Å². The van der Waals surface area contributed by atoms with E-state index >= 15 is 0 Å². The molecule has 6 rings (SSSR count). The van der Waals surface area contributed by atoms with Crippen LogP contribution in [0.1, 0.15) is 39.2 Å². The van der Waals surface area contributed by atoms with E-state index in [4.69, 9.17) is 4.98 Å². The Morgan fingerprint density at radius 1 is 0.854 bits per heavy atom. The topological polar surface area (TPSA) is 75.4 Å². The molecule has 3 heterocycles. The second-order valence-corrected chi connectivity index (χ2v) is 13.8. The summed E-state index contributed by atoms with van der Waals surface area (Å²) in [5, 5.41) is 8.30. The van der Waals surface area contributed by atoms with Gasteiger partial charge in [0.25, 0.3) is 5.78 Å². The van der Waals surface area contributed by atoms with Crippen molar-refractivity contribution in [1.82, 2.24) is 29.8 Å². The van der Waals surface area contributed by atoms with Crippen LogP contribution >= 0.6 is 11.8 Å². The quantitative estimate of drug-likeness (QED) is 0.137. The molecule has 0 atom stereocenters. The number of aryl methyl sites for hydroxylation is 3. The Morgan fingerprint density at radius 2 is 1.48 bits per heavy atom. The van der Waals surface area contributed by atoms with Gasteiger partial charge in [-0.2, -0.15) is 4.98 Å². The average Bonchev–Trinajstić information content (AvgIpc) is 3.49. The Balaban J connectivity index is 1.04. The number of quaternary nitrogens is 1. The highest BCUT2D eigenvalue weighted by atomic mass is 32.2. The van der Waals surface area contributed by atoms with Crippen LogP contribution in [0, 0.1) is 32.4 Å². The molecule has 48 heavy (non-hydrogen) atoms. The number of carbonyl (C=O) groups excluding carboxylic acids is 1. The summed E-state index contributed by atoms with van der Waals surface area (Å²) in [6.45, 7) is 12.5. The van der Waals surface area contributed by atoms with Gasteiger partial charge in [-0.3, -0.25) is 9.69 Å². The first-order chi connectivity index (χ1) is 23.1. The van der Waals surface area contributed by atoms with Gasteiger partial charge in [-0.1, -0.05) is 65.9 Å². The van der Waals surface area contributed by atoms with E-state index in [-0.39, 0.29) is 23.3 Å². The van der Waals surface area contributed by atoms with Crippen LogP contribution in [0.3, 0.4) is 0 Å². The fourth-order valence-electron chi connectivity index (χ4n) is 6.41. The lowest BCUT2D eigenvalue weighted by Gasteiger charge is -2.45. The predicted octanol–water partition coefficient (Wildman–Crippen LogP) is 5.66. The number of thioether (sulfide) groups is 1. The molecule has 0 spiro atoms. The highest BCUT2D eigenvalue weighted by Crippen LogP contribution is 2.22. The fourth-order valence-corrected chi connectivity index (χ4v) is 7.05. The van der Waals surface area contributed by atoms with Crippen LogP contribution in [0.15, 0.2) is 78.0 Å². The summed E-state index contributed by atoms with van der Waals surface area (Å²) in [6, 6.07) is 21.9. The van der Waals surface area contributed by atoms with E-state index in [9.17, 15) is 13.6 Å². The number of aromatic nitrogens is 4. The zero-order chi connectivity index (χ0) is 33.7. The maximum Gasteiger partial charge on any atom is 0.253 e. The van der Waals surface area contributed by atoms with Gasteiger partial charge in [0.1, 0.15) is 18.2 Å². The summed E-state index contributed by atoms with van der Waals surface area (Å²) in [5.74, 6) is 0.186. The summed E-state index contributed by atoms with van der Waals surface area (Å²) >= 11 is 1.31. The molecule has 0 bridgehead atoms. The molecule has 0 aliphatic carbocycles. The van der Waals surface area contributed by atoms with Crippen molar-refractivity contribution in [2.75, 3.05) is 45.0 Å². The maximum atomic E-state index is 13.6. The van der Waals surface area contributed by atoms with Crippen LogP contribution in [0.4, 0.5) is 8.78 Å². The van der Waals surface area contributed by atoms with Gasteiger partial charge in [-0.25, -0.2) is 18.3 Å². The summed E-state index contributed by atoms with van der Waals surface area (Å²) in [6.07, 6.45) is 0.763. The van der Waals surface area contributed by atoms with Gasteiger partial charge in [-0.15, -0.1) is 5.10 Å². The van der Waals surface area contributed by atoms with Gasteiger partial charge < -0.3 is 9.80 Å². The van der Waals surface area contributed by atoms with Crippen molar-refractivity contribution in [3.05, 3.63) is 124 Å². The molecular formula is C37H42F2N7OS+. The number of benzene rings is 3. The zero-order valence-corrected chi connectivity index (χ0v) is 28.6. The van der Waals surface area contributed by atoms with E-state index in [0.717, 1.165) is 84.8 Å². The second kappa shape index (κ2) is 14.9. The number of nitrogens with zero attached hydrogens (tertiary/aromatic N) is 6. The summed E-state index contributed by atoms with van der Waals surface area (Å²) in [7, 11) is 0. The highest BCUT2D eigenvalue weighted by molar-refractivity contribution is 7.99. The SMILES string of the molecule is Cc1ccc(Cc2c(C)nc3nc(SCC(=O)NCC[N+]4(Cc5ccc(F)cc5)CCN(Cc5ccc(F)cc5)CC4)nn3c2C)cc1. The third-order valence-electron chi connectivity index (χ3n) is 9.30. The number of piperazine rings is 1. The number of carbonyl (C=O) groups is 1. The Hall–Kier alpha value is -4.19. The number of rotatable bonds is 12. The van der Waals surface area contributed by atoms with E-state index in [1.807, 2.05) is 38.1 Å². The van der Waals surface area contributed by atoms with Crippen LogP contribution in [0.25, 0.3) is 5.78 Å². The molecule has 11 heteroatoms. The Morgan fingerprint density at radius 3 is 2.15 bits per heavy atom. The third kappa shape index (κ3) is 8.44. The van der Waals surface area contributed by atoms with E-state index in [1.54, 1.807) is 4.52 Å². The van der Waals surface area contributed by atoms with Crippen molar-refractivity contribution in [2.45, 2.75) is 45.4 Å². The molecule has 2 aromatic heterocycles. The molecule has 1 aliphatic rings. The Labute approximate surface area is 284 Å². The number of fused-ring (bicyclic) bond motifs is 1. The lowest BCUT2D eigenvalue weighted by molar-refractivity contribution is -0.943. The molecule has 1 N–H and O–H groups in total. The van der Waals surface area contributed by atoms with Crippen molar-refractivity contribution in [2.24, 2.45) is 0 Å². The van der Waals surface area contributed by atoms with Gasteiger partial charge >= 0.3 is 0 Å². The molecule has 0 saturated carbocycles. The second-order valence-electron chi connectivity index (χ2n) is 12.9. The van der Waals surface area contributed by atoms with Crippen molar-refractivity contribution in [3.8, 4) is 0 Å². The molecule has 1 saturated heterocycles. The molecule has 0 radical (unpaired) electrons. The summed E-state index contributed by atoms with van der Waals surface area (Å²) < 4.78 is 29.6. The number of hydrogen-bond acceptors (Lipinski definition) is 6. The molecule has 1 aliphatic heterocycles. The molecule has 1 amide bonds. The standard InChI is InChI=1S/C37H41F2N7OS/c1-26-4-6-29(7-5-26)22-34-27(2)41-36-42-37(43-45(36)28(34)3)48-25-35(47)40-16-19-46(24-31-10-14-33(39)15-11-31)20-17-44(18-21-46)23-30-8-12-32(38)13-9-30/h4-15H,16-25H2,1-3H3/p+1. The van der Waals surface area contributed by atoms with Crippen LogP contribution in [-0.4, -0.2) is 79.9 Å². The van der Waals surface area contributed by atoms with E-state index < -0.39 is 0 Å². The zero-order valence-electron chi connectivity index (χ0n) is 27.8. The first kappa shape index (κ1) is 33.7. The van der Waals surface area contributed by atoms with Gasteiger partial charge in [0, 0.05) is 43.0 Å². The van der Waals surface area contributed by atoms with E-state index in [2.05, 4.69) is 51.5 Å². The van der Waals surface area contributed by atoms with Crippen molar-refractivity contribution in [3.63, 3.8) is 0 Å². The first-order valence-electron chi connectivity index (χ1n) is 16.4. The Bertz CT molecular complexity index is 1850. The molecule has 250 valence electrons. The van der Waals surface area contributed by atoms with Gasteiger partial charge in [0.05, 0.1) is 31.9 Å². The average molecular weight is 671 g/mol. The van der Waals surface area contributed by atoms with Gasteiger partial charge in [-0.05, 0) is 61.7 Å². The third-order valence-corrected chi connectivity index (χ3v) is 10.1. The van der Waals surface area contributed by atoms with Crippen molar-refractivity contribution < 1.29 is 18.1 Å². The number of nitrogens with one attached hydrogen (secondary N) is 1. The van der Waals surface area contributed by atoms with Crippen LogP contribution in [0.2, 0.25) is 0 Å². The molecule has 1 fully saturated rings. The number of amides is 1. The first-order valence-corrected chi connectivity index (χ1v) is 17.4. The summed E-state index contributed by atoms with van der Waals surface area (Å²) in [5.41, 5.74) is 7.65. The monoisotopic (exact) mass is 670 g/mol. The molecule has 8 nitrogen and oxygen atoms in total. The molecule has 5 aromatic rings. The number of halogens is 2. The minimum Gasteiger partial charge on any atom is -0.350 e. The van der Waals surface area contributed by atoms with E-state index in [1.165, 1.54) is 47.2 Å². The fraction of sp³-hybridized carbons (Fsp3) is 0.351. The smallest absolute Gasteiger partial charge is 0.253 e.